The predicted octanol–water partition coefficient (Wildman–Crippen LogP) is 7.26. The highest BCUT2D eigenvalue weighted by atomic mass is 16.7. The number of carbonyl (C=O) groups is 2. The molecular formula is C36H44O6. The maximum atomic E-state index is 13.0. The van der Waals surface area contributed by atoms with E-state index in [0.717, 1.165) is 50.5 Å². The lowest BCUT2D eigenvalue weighted by Crippen LogP contribution is -2.49. The second kappa shape index (κ2) is 15.7. The van der Waals surface area contributed by atoms with Gasteiger partial charge in [-0.3, -0.25) is 4.79 Å². The van der Waals surface area contributed by atoms with Crippen molar-refractivity contribution < 1.29 is 28.5 Å². The monoisotopic (exact) mass is 572 g/mol. The summed E-state index contributed by atoms with van der Waals surface area (Å²) < 4.78 is 22.5. The van der Waals surface area contributed by atoms with E-state index in [1.54, 1.807) is 6.07 Å². The van der Waals surface area contributed by atoms with Gasteiger partial charge in [0.25, 0.3) is 0 Å². The van der Waals surface area contributed by atoms with Gasteiger partial charge in [-0.15, -0.1) is 0 Å². The van der Waals surface area contributed by atoms with Gasteiger partial charge >= 0.3 is 11.9 Å². The Morgan fingerprint density at radius 3 is 2.10 bits per heavy atom. The van der Waals surface area contributed by atoms with Crippen LogP contribution in [0.4, 0.5) is 0 Å². The molecule has 0 spiro atoms. The van der Waals surface area contributed by atoms with Gasteiger partial charge in [0, 0.05) is 0 Å². The topological polar surface area (TPSA) is 71.1 Å². The Bertz CT molecular complexity index is 1280. The molecule has 3 aromatic rings. The smallest absolute Gasteiger partial charge is 0.337 e. The van der Waals surface area contributed by atoms with Crippen LogP contribution in [0, 0.1) is 5.92 Å². The van der Waals surface area contributed by atoms with Crippen molar-refractivity contribution in [3.63, 3.8) is 0 Å². The van der Waals surface area contributed by atoms with E-state index < -0.39 is 11.7 Å². The van der Waals surface area contributed by atoms with E-state index in [2.05, 4.69) is 30.3 Å². The molecule has 0 radical (unpaired) electrons. The Kier molecular flexibility index (Phi) is 11.7. The fraction of sp³-hybridized carbons (Fsp3) is 0.444. The summed E-state index contributed by atoms with van der Waals surface area (Å²) in [6.07, 6.45) is 7.83. The maximum absolute atomic E-state index is 13.0. The number of rotatable bonds is 14. The molecule has 224 valence electrons. The van der Waals surface area contributed by atoms with Crippen LogP contribution < -0.4 is 0 Å². The first-order chi connectivity index (χ1) is 20.3. The minimum Gasteiger partial charge on any atom is -0.465 e. The highest BCUT2D eigenvalue weighted by Gasteiger charge is 2.40. The average Bonchev–Trinajstić information content (AvgIpc) is 3.00. The molecule has 1 aliphatic rings. The molecule has 2 atom stereocenters. The van der Waals surface area contributed by atoms with Crippen LogP contribution in [0.3, 0.4) is 0 Å². The van der Waals surface area contributed by atoms with Crippen molar-refractivity contribution in [1.29, 1.82) is 0 Å². The van der Waals surface area contributed by atoms with Gasteiger partial charge in [-0.2, -0.15) is 0 Å². The molecule has 6 heteroatoms. The third-order valence-corrected chi connectivity index (χ3v) is 7.76. The molecule has 0 amide bonds. The van der Waals surface area contributed by atoms with Gasteiger partial charge < -0.3 is 18.9 Å². The van der Waals surface area contributed by atoms with Gasteiger partial charge in [-0.05, 0) is 86.8 Å². The first-order valence-corrected chi connectivity index (χ1v) is 15.1. The molecule has 1 heterocycles. The van der Waals surface area contributed by atoms with Crippen LogP contribution in [-0.2, 0) is 49.6 Å². The van der Waals surface area contributed by atoms with Crippen LogP contribution in [0.15, 0.2) is 78.9 Å². The SMILES string of the molecule is COC(=O)c1cccc(CCCCCCc2cccc(CC[C@H]3OC(C)(C)OC[C@H]3C(=O)OCc3ccccc3)c2)c1. The maximum Gasteiger partial charge on any atom is 0.337 e. The zero-order valence-electron chi connectivity index (χ0n) is 25.2. The Balaban J connectivity index is 1.21. The van der Waals surface area contributed by atoms with Crippen LogP contribution >= 0.6 is 0 Å². The Hall–Kier alpha value is -3.48. The number of hydrogen-bond donors (Lipinski definition) is 0. The first-order valence-electron chi connectivity index (χ1n) is 15.1. The summed E-state index contributed by atoms with van der Waals surface area (Å²) >= 11 is 0. The van der Waals surface area contributed by atoms with Crippen molar-refractivity contribution in [3.05, 3.63) is 107 Å². The second-order valence-electron chi connectivity index (χ2n) is 11.5. The largest absolute Gasteiger partial charge is 0.465 e. The molecular weight excluding hydrogens is 528 g/mol. The highest BCUT2D eigenvalue weighted by Crippen LogP contribution is 2.30. The van der Waals surface area contributed by atoms with E-state index in [1.165, 1.54) is 30.2 Å². The molecule has 0 bridgehead atoms. The highest BCUT2D eigenvalue weighted by molar-refractivity contribution is 5.89. The first kappa shape index (κ1) is 31.5. The summed E-state index contributed by atoms with van der Waals surface area (Å²) in [7, 11) is 1.41. The minimum atomic E-state index is -0.729. The average molecular weight is 573 g/mol. The van der Waals surface area contributed by atoms with Crippen molar-refractivity contribution >= 4 is 11.9 Å². The van der Waals surface area contributed by atoms with Crippen LogP contribution in [0.1, 0.15) is 78.6 Å². The third-order valence-electron chi connectivity index (χ3n) is 7.76. The second-order valence-corrected chi connectivity index (χ2v) is 11.5. The van der Waals surface area contributed by atoms with Crippen molar-refractivity contribution in [2.24, 2.45) is 5.92 Å². The molecule has 1 aliphatic heterocycles. The van der Waals surface area contributed by atoms with Crippen LogP contribution in [0.2, 0.25) is 0 Å². The molecule has 3 aromatic carbocycles. The molecule has 0 N–H and O–H groups in total. The van der Waals surface area contributed by atoms with Crippen molar-refractivity contribution in [1.82, 2.24) is 0 Å². The van der Waals surface area contributed by atoms with Gasteiger partial charge in [0.05, 0.1) is 25.4 Å². The molecule has 0 unspecified atom stereocenters. The normalized spacial score (nSPS) is 17.9. The lowest BCUT2D eigenvalue weighted by Gasteiger charge is -2.40. The number of carbonyl (C=O) groups excluding carboxylic acids is 2. The number of aryl methyl sites for hydroxylation is 3. The van der Waals surface area contributed by atoms with Gasteiger partial charge in [0.1, 0.15) is 12.5 Å². The van der Waals surface area contributed by atoms with Gasteiger partial charge in [-0.25, -0.2) is 4.79 Å². The molecule has 42 heavy (non-hydrogen) atoms. The molecule has 1 saturated heterocycles. The Morgan fingerprint density at radius 1 is 0.786 bits per heavy atom. The number of esters is 2. The standard InChI is InChI=1S/C36H44O6/c1-36(2)41-26-32(35(38)40-25-30-15-9-6-10-16-30)33(42-36)22-21-29-18-11-17-27(23-29)13-7-4-5-8-14-28-19-12-20-31(24-28)34(37)39-3/h6,9-12,15-20,23-24,32-33H,4-5,7-8,13-14,21-22,25-26H2,1-3H3/t32-,33-/m1/s1. The van der Waals surface area contributed by atoms with E-state index >= 15 is 0 Å². The number of unbranched alkanes of at least 4 members (excludes halogenated alkanes) is 3. The van der Waals surface area contributed by atoms with Gasteiger partial charge in [0.2, 0.25) is 0 Å². The minimum absolute atomic E-state index is 0.247. The zero-order valence-corrected chi connectivity index (χ0v) is 25.2. The molecule has 0 aromatic heterocycles. The number of benzene rings is 3. The van der Waals surface area contributed by atoms with Crippen LogP contribution in [-0.4, -0.2) is 37.5 Å². The molecule has 4 rings (SSSR count). The predicted molar refractivity (Wildman–Crippen MR) is 163 cm³/mol. The van der Waals surface area contributed by atoms with Crippen molar-refractivity contribution in [3.8, 4) is 0 Å². The summed E-state index contributed by atoms with van der Waals surface area (Å²) in [5, 5.41) is 0. The summed E-state index contributed by atoms with van der Waals surface area (Å²) in [5.41, 5.74) is 5.34. The fourth-order valence-corrected chi connectivity index (χ4v) is 5.43. The quantitative estimate of drug-likeness (QED) is 0.150. The molecule has 6 nitrogen and oxygen atoms in total. The van der Waals surface area contributed by atoms with E-state index in [1.807, 2.05) is 56.3 Å². The molecule has 1 fully saturated rings. The Morgan fingerprint density at radius 2 is 1.40 bits per heavy atom. The van der Waals surface area contributed by atoms with Gasteiger partial charge in [0.15, 0.2) is 5.79 Å². The zero-order chi connectivity index (χ0) is 29.8. The Labute approximate surface area is 250 Å². The number of methoxy groups -OCH3 is 1. The fourth-order valence-electron chi connectivity index (χ4n) is 5.43. The summed E-state index contributed by atoms with van der Waals surface area (Å²) in [6.45, 7) is 4.33. The number of ether oxygens (including phenoxy) is 4. The van der Waals surface area contributed by atoms with Crippen LogP contribution in [0.5, 0.6) is 0 Å². The van der Waals surface area contributed by atoms with Crippen molar-refractivity contribution in [2.75, 3.05) is 13.7 Å². The van der Waals surface area contributed by atoms with E-state index in [9.17, 15) is 9.59 Å². The number of hydrogen-bond acceptors (Lipinski definition) is 6. The molecule has 0 aliphatic carbocycles. The molecule has 0 saturated carbocycles. The summed E-state index contributed by atoms with van der Waals surface area (Å²) in [5.74, 6) is -1.74. The van der Waals surface area contributed by atoms with Gasteiger partial charge in [-0.1, -0.05) is 79.6 Å². The van der Waals surface area contributed by atoms with E-state index in [-0.39, 0.29) is 24.6 Å². The lowest BCUT2D eigenvalue weighted by atomic mass is 9.94. The van der Waals surface area contributed by atoms with E-state index in [4.69, 9.17) is 18.9 Å². The van der Waals surface area contributed by atoms with E-state index in [0.29, 0.717) is 12.2 Å². The van der Waals surface area contributed by atoms with Crippen molar-refractivity contribution in [2.45, 2.75) is 83.7 Å². The van der Waals surface area contributed by atoms with Crippen LogP contribution in [0.25, 0.3) is 0 Å². The third kappa shape index (κ3) is 9.81. The lowest BCUT2D eigenvalue weighted by molar-refractivity contribution is -0.292. The summed E-state index contributed by atoms with van der Waals surface area (Å²) in [6, 6.07) is 26.2. The summed E-state index contributed by atoms with van der Waals surface area (Å²) in [4.78, 5) is 24.7.